The van der Waals surface area contributed by atoms with Gasteiger partial charge in [0.1, 0.15) is 5.82 Å². The third kappa shape index (κ3) is 4.53. The smallest absolute Gasteiger partial charge is 0.226 e. The van der Waals surface area contributed by atoms with E-state index in [2.05, 4.69) is 21.7 Å². The topological polar surface area (TPSA) is 87.5 Å². The minimum Gasteiger partial charge on any atom is -0.327 e. The van der Waals surface area contributed by atoms with Gasteiger partial charge in [-0.3, -0.25) is 9.69 Å². The highest BCUT2D eigenvalue weighted by Crippen LogP contribution is 2.22. The third-order valence-corrected chi connectivity index (χ3v) is 6.40. The molecule has 1 aliphatic rings. The minimum absolute atomic E-state index is 0.0155. The van der Waals surface area contributed by atoms with Gasteiger partial charge in [0.05, 0.1) is 23.8 Å². The van der Waals surface area contributed by atoms with Gasteiger partial charge in [-0.25, -0.2) is 13.4 Å². The molecular formula is C19H29N5O3S. The maximum absolute atomic E-state index is 11.9. The zero-order valence-corrected chi connectivity index (χ0v) is 17.8. The van der Waals surface area contributed by atoms with Crippen LogP contribution in [-0.2, 0) is 27.9 Å². The summed E-state index contributed by atoms with van der Waals surface area (Å²) in [5, 5.41) is 2.92. The van der Waals surface area contributed by atoms with Gasteiger partial charge in [0.25, 0.3) is 0 Å². The Bertz CT molecular complexity index is 959. The van der Waals surface area contributed by atoms with Crippen LogP contribution >= 0.6 is 0 Å². The predicted octanol–water partition coefficient (Wildman–Crippen LogP) is 1.73. The van der Waals surface area contributed by atoms with Crippen LogP contribution in [0.5, 0.6) is 0 Å². The number of imidazole rings is 1. The average molecular weight is 408 g/mol. The van der Waals surface area contributed by atoms with Gasteiger partial charge in [-0.2, -0.15) is 4.31 Å². The third-order valence-electron chi connectivity index (χ3n) is 5.10. The van der Waals surface area contributed by atoms with Crippen LogP contribution in [0.15, 0.2) is 18.2 Å². The second-order valence-electron chi connectivity index (χ2n) is 7.56. The van der Waals surface area contributed by atoms with E-state index in [1.54, 1.807) is 0 Å². The Balaban J connectivity index is 1.77. The number of sulfonamides is 1. The van der Waals surface area contributed by atoms with Crippen molar-refractivity contribution in [2.45, 2.75) is 33.9 Å². The van der Waals surface area contributed by atoms with Crippen molar-refractivity contribution in [3.8, 4) is 0 Å². The van der Waals surface area contributed by atoms with E-state index in [-0.39, 0.29) is 11.8 Å². The van der Waals surface area contributed by atoms with E-state index in [1.807, 2.05) is 32.0 Å². The van der Waals surface area contributed by atoms with Gasteiger partial charge in [-0.05, 0) is 25.1 Å². The number of carbonyl (C=O) groups is 1. The van der Waals surface area contributed by atoms with Gasteiger partial charge in [-0.15, -0.1) is 0 Å². The van der Waals surface area contributed by atoms with Crippen molar-refractivity contribution in [2.75, 3.05) is 37.8 Å². The summed E-state index contributed by atoms with van der Waals surface area (Å²) in [5.74, 6) is 0.862. The van der Waals surface area contributed by atoms with Gasteiger partial charge < -0.3 is 9.88 Å². The molecule has 1 fully saturated rings. The highest BCUT2D eigenvalue weighted by atomic mass is 32.2. The van der Waals surface area contributed by atoms with E-state index in [0.29, 0.717) is 32.7 Å². The number of hydrogen-bond acceptors (Lipinski definition) is 5. The normalized spacial score (nSPS) is 16.8. The number of hydrogen-bond donors (Lipinski definition) is 1. The number of anilines is 1. The molecule has 1 aromatic heterocycles. The molecule has 9 heteroatoms. The highest BCUT2D eigenvalue weighted by molar-refractivity contribution is 7.88. The lowest BCUT2D eigenvalue weighted by atomic mass is 10.2. The van der Waals surface area contributed by atoms with Crippen LogP contribution < -0.4 is 5.32 Å². The number of fused-ring (bicyclic) bond motifs is 1. The number of piperazine rings is 1. The predicted molar refractivity (Wildman–Crippen MR) is 111 cm³/mol. The van der Waals surface area contributed by atoms with Gasteiger partial charge in [0.15, 0.2) is 0 Å². The molecule has 1 aromatic carbocycles. The second kappa shape index (κ2) is 8.18. The molecule has 28 heavy (non-hydrogen) atoms. The zero-order chi connectivity index (χ0) is 20.5. The van der Waals surface area contributed by atoms with Crippen molar-refractivity contribution in [3.63, 3.8) is 0 Å². The molecule has 0 bridgehead atoms. The molecule has 1 N–H and O–H groups in total. The Morgan fingerprint density at radius 1 is 1.21 bits per heavy atom. The largest absolute Gasteiger partial charge is 0.327 e. The molecule has 1 saturated heterocycles. The summed E-state index contributed by atoms with van der Waals surface area (Å²) in [6.45, 7) is 9.68. The van der Waals surface area contributed by atoms with Crippen molar-refractivity contribution in [1.82, 2.24) is 18.8 Å². The number of aryl methyl sites for hydroxylation is 1. The zero-order valence-electron chi connectivity index (χ0n) is 17.0. The van der Waals surface area contributed by atoms with Crippen LogP contribution in [0.3, 0.4) is 0 Å². The molecule has 2 heterocycles. The van der Waals surface area contributed by atoms with Crippen LogP contribution in [0.1, 0.15) is 26.6 Å². The van der Waals surface area contributed by atoms with Gasteiger partial charge >= 0.3 is 0 Å². The highest BCUT2D eigenvalue weighted by Gasteiger charge is 2.24. The number of amides is 1. The van der Waals surface area contributed by atoms with E-state index in [9.17, 15) is 13.2 Å². The molecule has 1 amide bonds. The molecule has 0 aliphatic carbocycles. The molecule has 0 atom stereocenters. The minimum atomic E-state index is -3.13. The molecule has 2 aromatic rings. The van der Waals surface area contributed by atoms with Gasteiger partial charge in [0, 0.05) is 44.3 Å². The summed E-state index contributed by atoms with van der Waals surface area (Å²) >= 11 is 0. The molecule has 1 aliphatic heterocycles. The summed E-state index contributed by atoms with van der Waals surface area (Å²) < 4.78 is 27.1. The number of nitrogens with zero attached hydrogens (tertiary/aromatic N) is 4. The first-order valence-corrected chi connectivity index (χ1v) is 11.5. The summed E-state index contributed by atoms with van der Waals surface area (Å²) in [6.07, 6.45) is 1.26. The molecule has 3 rings (SSSR count). The Kier molecular flexibility index (Phi) is 6.07. The monoisotopic (exact) mass is 407 g/mol. The first-order chi connectivity index (χ1) is 13.2. The molecule has 0 radical (unpaired) electrons. The Labute approximate surface area is 166 Å². The van der Waals surface area contributed by atoms with Crippen molar-refractivity contribution in [3.05, 3.63) is 24.0 Å². The Morgan fingerprint density at radius 3 is 2.46 bits per heavy atom. The fourth-order valence-electron chi connectivity index (χ4n) is 3.44. The number of aromatic nitrogens is 2. The summed E-state index contributed by atoms with van der Waals surface area (Å²) in [7, 11) is -3.13. The van der Waals surface area contributed by atoms with Crippen molar-refractivity contribution >= 4 is 32.7 Å². The first kappa shape index (κ1) is 20.8. The van der Waals surface area contributed by atoms with Crippen LogP contribution in [-0.4, -0.2) is 65.5 Å². The Hall–Kier alpha value is -1.97. The summed E-state index contributed by atoms with van der Waals surface area (Å²) in [6, 6.07) is 5.81. The SMILES string of the molecule is CCn1c(CN2CCN(S(C)(=O)=O)CC2)nc2cc(NC(=O)C(C)C)ccc21. The number of rotatable bonds is 6. The van der Waals surface area contributed by atoms with Crippen LogP contribution in [0.25, 0.3) is 11.0 Å². The quantitative estimate of drug-likeness (QED) is 0.788. The lowest BCUT2D eigenvalue weighted by molar-refractivity contribution is -0.118. The fourth-order valence-corrected chi connectivity index (χ4v) is 4.26. The standard InChI is InChI=1S/C19H29N5O3S/c1-5-24-17-7-6-15(20-19(25)14(2)3)12-16(17)21-18(24)13-22-8-10-23(11-9-22)28(4,26)27/h6-7,12,14H,5,8-11,13H2,1-4H3,(H,20,25). The lowest BCUT2D eigenvalue weighted by Crippen LogP contribution is -2.48. The first-order valence-electron chi connectivity index (χ1n) is 9.66. The van der Waals surface area contributed by atoms with Crippen molar-refractivity contribution < 1.29 is 13.2 Å². The maximum Gasteiger partial charge on any atom is 0.226 e. The van der Waals surface area contributed by atoms with E-state index >= 15 is 0 Å². The number of carbonyl (C=O) groups excluding carboxylic acids is 1. The van der Waals surface area contributed by atoms with Crippen molar-refractivity contribution in [1.29, 1.82) is 0 Å². The van der Waals surface area contributed by atoms with Crippen LogP contribution in [0.4, 0.5) is 5.69 Å². The van der Waals surface area contributed by atoms with Gasteiger partial charge in [-0.1, -0.05) is 13.8 Å². The molecule has 8 nitrogen and oxygen atoms in total. The Morgan fingerprint density at radius 2 is 1.89 bits per heavy atom. The maximum atomic E-state index is 11.9. The van der Waals surface area contributed by atoms with Crippen LogP contribution in [0.2, 0.25) is 0 Å². The van der Waals surface area contributed by atoms with E-state index < -0.39 is 10.0 Å². The van der Waals surface area contributed by atoms with E-state index in [1.165, 1.54) is 10.6 Å². The summed E-state index contributed by atoms with van der Waals surface area (Å²) in [4.78, 5) is 19.0. The summed E-state index contributed by atoms with van der Waals surface area (Å²) in [5.41, 5.74) is 2.64. The lowest BCUT2D eigenvalue weighted by Gasteiger charge is -2.32. The van der Waals surface area contributed by atoms with Gasteiger partial charge in [0.2, 0.25) is 15.9 Å². The molecule has 0 saturated carbocycles. The fraction of sp³-hybridized carbons (Fsp3) is 0.579. The van der Waals surface area contributed by atoms with Crippen molar-refractivity contribution in [2.24, 2.45) is 5.92 Å². The molecular weight excluding hydrogens is 378 g/mol. The number of nitrogens with one attached hydrogen (secondary N) is 1. The average Bonchev–Trinajstić information content (AvgIpc) is 2.97. The second-order valence-corrected chi connectivity index (χ2v) is 9.54. The van der Waals surface area contributed by atoms with E-state index in [4.69, 9.17) is 4.98 Å². The van der Waals surface area contributed by atoms with E-state index in [0.717, 1.165) is 29.1 Å². The number of benzene rings is 1. The molecule has 0 unspecified atom stereocenters. The molecule has 0 spiro atoms. The van der Waals surface area contributed by atoms with Crippen LogP contribution in [0, 0.1) is 5.92 Å². The molecule has 154 valence electrons.